The highest BCUT2D eigenvalue weighted by Gasteiger charge is 2.22. The highest BCUT2D eigenvalue weighted by atomic mass is 35.5. The van der Waals surface area contributed by atoms with E-state index in [1.54, 1.807) is 41.1 Å². The number of carbonyl (C=O) groups excluding carboxylic acids is 2. The maximum atomic E-state index is 12.5. The first kappa shape index (κ1) is 18.3. The Morgan fingerprint density at radius 1 is 1.25 bits per heavy atom. The number of rotatable bonds is 4. The first-order valence-corrected chi connectivity index (χ1v) is 9.01. The van der Waals surface area contributed by atoms with Gasteiger partial charge in [-0.2, -0.15) is 0 Å². The average molecular weight is 418 g/mol. The molecule has 0 unspecified atom stereocenters. The third-order valence-electron chi connectivity index (χ3n) is 4.05. The molecular formula is C18H13Cl2N5O3. The van der Waals surface area contributed by atoms with E-state index in [-0.39, 0.29) is 28.5 Å². The van der Waals surface area contributed by atoms with Crippen molar-refractivity contribution in [3.05, 3.63) is 58.7 Å². The summed E-state index contributed by atoms with van der Waals surface area (Å²) in [6.45, 7) is 0.319. The van der Waals surface area contributed by atoms with Crippen LogP contribution in [-0.2, 0) is 11.3 Å². The van der Waals surface area contributed by atoms with Crippen LogP contribution in [0.4, 0.5) is 11.4 Å². The van der Waals surface area contributed by atoms with Crippen LogP contribution in [0.25, 0.3) is 0 Å². The predicted octanol–water partition coefficient (Wildman–Crippen LogP) is 3.97. The van der Waals surface area contributed by atoms with E-state index in [4.69, 9.17) is 27.9 Å². The molecule has 0 saturated carbocycles. The Labute approximate surface area is 169 Å². The van der Waals surface area contributed by atoms with Crippen molar-refractivity contribution in [2.45, 2.75) is 13.0 Å². The zero-order chi connectivity index (χ0) is 19.7. The molecule has 0 fully saturated rings. The number of nitrogens with one attached hydrogen (secondary N) is 2. The molecule has 3 heterocycles. The van der Waals surface area contributed by atoms with Crippen molar-refractivity contribution < 1.29 is 14.3 Å². The summed E-state index contributed by atoms with van der Waals surface area (Å²) in [7, 11) is 0. The zero-order valence-electron chi connectivity index (χ0n) is 14.3. The minimum atomic E-state index is -0.349. The lowest BCUT2D eigenvalue weighted by molar-refractivity contribution is -0.116. The number of nitrogens with zero attached hydrogens (tertiary/aromatic N) is 3. The molecule has 1 aromatic carbocycles. The molecule has 0 bridgehead atoms. The molecule has 0 saturated heterocycles. The molecule has 10 heteroatoms. The normalized spacial score (nSPS) is 12.3. The van der Waals surface area contributed by atoms with E-state index in [9.17, 15) is 9.59 Å². The summed E-state index contributed by atoms with van der Waals surface area (Å²) in [4.78, 5) is 32.7. The quantitative estimate of drug-likeness (QED) is 0.668. The fraction of sp³-hybridized carbons (Fsp3) is 0.111. The summed E-state index contributed by atoms with van der Waals surface area (Å²) < 4.78 is 7.28. The van der Waals surface area contributed by atoms with Crippen molar-refractivity contribution in [3.63, 3.8) is 0 Å². The lowest BCUT2D eigenvalue weighted by atomic mass is 10.1. The number of anilines is 2. The van der Waals surface area contributed by atoms with Gasteiger partial charge in [-0.05, 0) is 30.3 Å². The molecule has 2 N–H and O–H groups in total. The van der Waals surface area contributed by atoms with Crippen LogP contribution in [0.3, 0.4) is 0 Å². The van der Waals surface area contributed by atoms with Crippen molar-refractivity contribution in [2.24, 2.45) is 0 Å². The van der Waals surface area contributed by atoms with Crippen LogP contribution >= 0.6 is 23.2 Å². The molecular weight excluding hydrogens is 405 g/mol. The molecule has 2 amide bonds. The van der Waals surface area contributed by atoms with E-state index in [2.05, 4.69) is 20.6 Å². The standard InChI is InChI=1S/C18H13Cl2N5O3/c19-15-16(20)25(9-22-15)7-5-14(26)23-10-3-4-13-11(8-10)17(27)24-12-2-1-6-21-18(12)28-13/h1-4,6,8-9H,5,7H2,(H,23,26)(H,24,27). The molecule has 0 atom stereocenters. The van der Waals surface area contributed by atoms with Crippen LogP contribution in [0.5, 0.6) is 11.6 Å². The number of amides is 2. The number of halogens is 2. The lowest BCUT2D eigenvalue weighted by Crippen LogP contribution is -2.15. The second-order valence-electron chi connectivity index (χ2n) is 5.94. The molecule has 28 heavy (non-hydrogen) atoms. The summed E-state index contributed by atoms with van der Waals surface area (Å²) >= 11 is 11.8. The van der Waals surface area contributed by atoms with Gasteiger partial charge in [0.05, 0.1) is 11.9 Å². The van der Waals surface area contributed by atoms with Gasteiger partial charge in [-0.3, -0.25) is 9.59 Å². The van der Waals surface area contributed by atoms with E-state index in [0.29, 0.717) is 35.1 Å². The molecule has 1 aliphatic heterocycles. The van der Waals surface area contributed by atoms with Gasteiger partial charge in [0.15, 0.2) is 5.15 Å². The molecule has 4 rings (SSSR count). The van der Waals surface area contributed by atoms with Gasteiger partial charge in [0.25, 0.3) is 5.91 Å². The third-order valence-corrected chi connectivity index (χ3v) is 4.82. The SMILES string of the molecule is O=C(CCn1cnc(Cl)c1Cl)Nc1ccc2c(c1)C(=O)Nc1cccnc1O2. The number of benzene rings is 1. The van der Waals surface area contributed by atoms with Crippen LogP contribution in [0, 0.1) is 0 Å². The van der Waals surface area contributed by atoms with Crippen LogP contribution < -0.4 is 15.4 Å². The van der Waals surface area contributed by atoms with Crippen molar-refractivity contribution in [1.82, 2.24) is 14.5 Å². The number of aryl methyl sites for hydroxylation is 1. The Morgan fingerprint density at radius 2 is 2.11 bits per heavy atom. The fourth-order valence-corrected chi connectivity index (χ4v) is 3.01. The number of hydrogen-bond acceptors (Lipinski definition) is 5. The Bertz CT molecular complexity index is 1080. The van der Waals surface area contributed by atoms with Crippen molar-refractivity contribution >= 4 is 46.4 Å². The number of imidazole rings is 1. The fourth-order valence-electron chi connectivity index (χ4n) is 2.68. The minimum Gasteiger partial charge on any atom is -0.436 e. The summed E-state index contributed by atoms with van der Waals surface area (Å²) in [6.07, 6.45) is 3.19. The van der Waals surface area contributed by atoms with Gasteiger partial charge in [-0.25, -0.2) is 9.97 Å². The predicted molar refractivity (Wildman–Crippen MR) is 104 cm³/mol. The Morgan fingerprint density at radius 3 is 2.89 bits per heavy atom. The van der Waals surface area contributed by atoms with E-state index < -0.39 is 0 Å². The molecule has 2 aromatic heterocycles. The second kappa shape index (κ2) is 7.49. The van der Waals surface area contributed by atoms with E-state index in [1.165, 1.54) is 6.33 Å². The van der Waals surface area contributed by atoms with Gasteiger partial charge in [0, 0.05) is 24.8 Å². The third kappa shape index (κ3) is 3.64. The largest absolute Gasteiger partial charge is 0.436 e. The minimum absolute atomic E-state index is 0.154. The Hall–Kier alpha value is -3.10. The van der Waals surface area contributed by atoms with E-state index in [1.807, 2.05) is 0 Å². The Kier molecular flexibility index (Phi) is 4.89. The number of hydrogen-bond donors (Lipinski definition) is 2. The molecule has 0 spiro atoms. The van der Waals surface area contributed by atoms with Gasteiger partial charge in [-0.15, -0.1) is 0 Å². The number of carbonyl (C=O) groups is 2. The van der Waals surface area contributed by atoms with E-state index in [0.717, 1.165) is 0 Å². The van der Waals surface area contributed by atoms with Crippen molar-refractivity contribution in [1.29, 1.82) is 0 Å². The average Bonchev–Trinajstić information content (AvgIpc) is 2.92. The molecule has 3 aromatic rings. The smallest absolute Gasteiger partial charge is 0.259 e. The van der Waals surface area contributed by atoms with Crippen molar-refractivity contribution in [2.75, 3.05) is 10.6 Å². The van der Waals surface area contributed by atoms with Crippen LogP contribution in [0.15, 0.2) is 42.9 Å². The summed E-state index contributed by atoms with van der Waals surface area (Å²) in [5, 5.41) is 5.96. The molecule has 8 nitrogen and oxygen atoms in total. The van der Waals surface area contributed by atoms with Gasteiger partial charge in [0.1, 0.15) is 16.6 Å². The molecule has 142 valence electrons. The van der Waals surface area contributed by atoms with Crippen LogP contribution in [-0.4, -0.2) is 26.3 Å². The molecule has 0 radical (unpaired) electrons. The highest BCUT2D eigenvalue weighted by Crippen LogP contribution is 2.34. The number of fused-ring (bicyclic) bond motifs is 2. The molecule has 0 aliphatic carbocycles. The van der Waals surface area contributed by atoms with Crippen molar-refractivity contribution in [3.8, 4) is 11.6 Å². The van der Waals surface area contributed by atoms with Gasteiger partial charge < -0.3 is 19.9 Å². The monoisotopic (exact) mass is 417 g/mol. The van der Waals surface area contributed by atoms with Gasteiger partial charge in [0.2, 0.25) is 11.8 Å². The maximum absolute atomic E-state index is 12.5. The number of pyridine rings is 1. The zero-order valence-corrected chi connectivity index (χ0v) is 15.8. The number of aromatic nitrogens is 3. The van der Waals surface area contributed by atoms with Gasteiger partial charge >= 0.3 is 0 Å². The summed E-state index contributed by atoms with van der Waals surface area (Å²) in [6, 6.07) is 8.21. The number of ether oxygens (including phenoxy) is 1. The van der Waals surface area contributed by atoms with Gasteiger partial charge in [-0.1, -0.05) is 23.2 Å². The maximum Gasteiger partial charge on any atom is 0.259 e. The second-order valence-corrected chi connectivity index (χ2v) is 6.66. The topological polar surface area (TPSA) is 98.1 Å². The first-order valence-electron chi connectivity index (χ1n) is 8.25. The molecule has 1 aliphatic rings. The lowest BCUT2D eigenvalue weighted by Gasteiger charge is -2.10. The first-order chi connectivity index (χ1) is 13.5. The van der Waals surface area contributed by atoms with E-state index >= 15 is 0 Å². The summed E-state index contributed by atoms with van der Waals surface area (Å²) in [5.74, 6) is 0.0634. The summed E-state index contributed by atoms with van der Waals surface area (Å²) in [5.41, 5.74) is 1.24. The highest BCUT2D eigenvalue weighted by molar-refractivity contribution is 6.40. The van der Waals surface area contributed by atoms with Crippen LogP contribution in [0.2, 0.25) is 10.3 Å². The Balaban J connectivity index is 1.47. The van der Waals surface area contributed by atoms with Crippen LogP contribution in [0.1, 0.15) is 16.8 Å².